The molecule has 0 fully saturated rings. The van der Waals surface area contributed by atoms with E-state index in [4.69, 9.17) is 9.47 Å². The van der Waals surface area contributed by atoms with Crippen LogP contribution < -0.4 is 14.9 Å². The summed E-state index contributed by atoms with van der Waals surface area (Å²) in [6.07, 6.45) is 0.752. The van der Waals surface area contributed by atoms with Gasteiger partial charge < -0.3 is 14.2 Å². The molecule has 1 heterocycles. The van der Waals surface area contributed by atoms with Gasteiger partial charge in [0.25, 0.3) is 0 Å². The summed E-state index contributed by atoms with van der Waals surface area (Å²) in [4.78, 5) is 23.5. The first-order valence-electron chi connectivity index (χ1n) is 7.03. The van der Waals surface area contributed by atoms with Crippen molar-refractivity contribution in [2.24, 2.45) is 5.10 Å². The molecule has 0 unspecified atom stereocenters. The molecule has 0 aliphatic rings. The monoisotopic (exact) mass is 348 g/mol. The van der Waals surface area contributed by atoms with Crippen LogP contribution in [0, 0.1) is 0 Å². The minimum atomic E-state index is -0.669. The predicted molar refractivity (Wildman–Crippen MR) is 90.0 cm³/mol. The van der Waals surface area contributed by atoms with Crippen LogP contribution in [0.4, 0.5) is 4.79 Å². The third-order valence-corrected chi connectivity index (χ3v) is 3.60. The van der Waals surface area contributed by atoms with Gasteiger partial charge in [0.2, 0.25) is 0 Å². The van der Waals surface area contributed by atoms with Crippen molar-refractivity contribution in [1.29, 1.82) is 0 Å². The number of methoxy groups -OCH3 is 1. The van der Waals surface area contributed by atoms with E-state index in [1.807, 2.05) is 6.92 Å². The second-order valence-corrected chi connectivity index (χ2v) is 5.32. The fraction of sp³-hybridized carbons (Fsp3) is 0.188. The number of hydrazone groups is 1. The minimum Gasteiger partial charge on any atom is -0.490 e. The minimum absolute atomic E-state index is 0.313. The van der Waals surface area contributed by atoms with Gasteiger partial charge in [-0.05, 0) is 42.1 Å². The molecule has 0 atom stereocenters. The SMILES string of the molecule is CCOc1cc(/C=N\NC(=O)OC)ccc1OC(=O)c1cccs1. The molecule has 2 aromatic rings. The number of amides is 1. The number of esters is 1. The lowest BCUT2D eigenvalue weighted by atomic mass is 10.2. The van der Waals surface area contributed by atoms with Gasteiger partial charge in [-0.15, -0.1) is 11.3 Å². The lowest BCUT2D eigenvalue weighted by Crippen LogP contribution is -2.16. The van der Waals surface area contributed by atoms with Gasteiger partial charge in [-0.25, -0.2) is 15.0 Å². The van der Waals surface area contributed by atoms with Gasteiger partial charge in [-0.3, -0.25) is 0 Å². The second kappa shape index (κ2) is 8.68. The number of hydrogen-bond donors (Lipinski definition) is 1. The number of nitrogens with zero attached hydrogens (tertiary/aromatic N) is 1. The van der Waals surface area contributed by atoms with Crippen LogP contribution in [0.2, 0.25) is 0 Å². The maximum absolute atomic E-state index is 12.0. The Hall–Kier alpha value is -2.87. The van der Waals surface area contributed by atoms with Crippen LogP contribution in [-0.2, 0) is 4.74 Å². The largest absolute Gasteiger partial charge is 0.490 e. The smallest absolute Gasteiger partial charge is 0.427 e. The molecule has 24 heavy (non-hydrogen) atoms. The van der Waals surface area contributed by atoms with E-state index in [0.717, 1.165) is 0 Å². The summed E-state index contributed by atoms with van der Waals surface area (Å²) in [5, 5.41) is 5.53. The number of rotatable bonds is 6. The number of benzene rings is 1. The zero-order valence-electron chi connectivity index (χ0n) is 13.1. The fourth-order valence-corrected chi connectivity index (χ4v) is 2.31. The molecular formula is C16H16N2O5S. The third-order valence-electron chi connectivity index (χ3n) is 2.75. The first-order valence-corrected chi connectivity index (χ1v) is 7.91. The summed E-state index contributed by atoms with van der Waals surface area (Å²) < 4.78 is 15.3. The van der Waals surface area contributed by atoms with Crippen LogP contribution in [-0.4, -0.2) is 32.0 Å². The van der Waals surface area contributed by atoms with E-state index in [-0.39, 0.29) is 0 Å². The summed E-state index contributed by atoms with van der Waals surface area (Å²) >= 11 is 1.30. The van der Waals surface area contributed by atoms with Gasteiger partial charge in [-0.1, -0.05) is 6.07 Å². The summed E-state index contributed by atoms with van der Waals surface area (Å²) in [6.45, 7) is 2.23. The number of carbonyl (C=O) groups is 2. The quantitative estimate of drug-likeness (QED) is 0.375. The van der Waals surface area contributed by atoms with Crippen molar-refractivity contribution in [2.45, 2.75) is 6.92 Å². The molecule has 2 rings (SSSR count). The van der Waals surface area contributed by atoms with Crippen molar-refractivity contribution >= 4 is 29.6 Å². The normalized spacial score (nSPS) is 10.4. The van der Waals surface area contributed by atoms with Crippen molar-refractivity contribution < 1.29 is 23.8 Å². The van der Waals surface area contributed by atoms with Gasteiger partial charge in [-0.2, -0.15) is 5.10 Å². The Morgan fingerprint density at radius 1 is 1.29 bits per heavy atom. The zero-order valence-corrected chi connectivity index (χ0v) is 14.0. The highest BCUT2D eigenvalue weighted by atomic mass is 32.1. The Labute approximate surface area is 142 Å². The van der Waals surface area contributed by atoms with Crippen LogP contribution in [0.15, 0.2) is 40.8 Å². The Bertz CT molecular complexity index is 728. The Morgan fingerprint density at radius 3 is 2.79 bits per heavy atom. The van der Waals surface area contributed by atoms with Crippen molar-refractivity contribution in [2.75, 3.05) is 13.7 Å². The summed E-state index contributed by atoms with van der Waals surface area (Å²) in [5.41, 5.74) is 2.84. The van der Waals surface area contributed by atoms with Gasteiger partial charge in [0, 0.05) is 0 Å². The molecule has 7 nitrogen and oxygen atoms in total. The fourth-order valence-electron chi connectivity index (χ4n) is 1.71. The number of hydrogen-bond acceptors (Lipinski definition) is 7. The Kier molecular flexibility index (Phi) is 6.32. The molecule has 0 spiro atoms. The first-order chi connectivity index (χ1) is 11.6. The highest BCUT2D eigenvalue weighted by Gasteiger charge is 2.13. The van der Waals surface area contributed by atoms with Crippen LogP contribution in [0.5, 0.6) is 11.5 Å². The number of ether oxygens (including phenoxy) is 3. The molecule has 8 heteroatoms. The highest BCUT2D eigenvalue weighted by molar-refractivity contribution is 7.12. The molecule has 1 aromatic carbocycles. The van der Waals surface area contributed by atoms with Gasteiger partial charge in [0.1, 0.15) is 4.88 Å². The molecule has 0 bridgehead atoms. The van der Waals surface area contributed by atoms with Crippen molar-refractivity contribution in [3.8, 4) is 11.5 Å². The maximum Gasteiger partial charge on any atom is 0.427 e. The average molecular weight is 348 g/mol. The van der Waals surface area contributed by atoms with Gasteiger partial charge >= 0.3 is 12.1 Å². The molecule has 0 saturated carbocycles. The van der Waals surface area contributed by atoms with E-state index < -0.39 is 12.1 Å². The Balaban J connectivity index is 2.14. The van der Waals surface area contributed by atoms with E-state index in [0.29, 0.717) is 28.5 Å². The molecule has 1 aromatic heterocycles. The molecule has 1 amide bonds. The van der Waals surface area contributed by atoms with Crippen LogP contribution in [0.1, 0.15) is 22.2 Å². The third kappa shape index (κ3) is 4.82. The Morgan fingerprint density at radius 2 is 2.12 bits per heavy atom. The second-order valence-electron chi connectivity index (χ2n) is 4.37. The summed E-state index contributed by atoms with van der Waals surface area (Å²) in [5.74, 6) is 0.275. The molecule has 1 N–H and O–H groups in total. The topological polar surface area (TPSA) is 86.2 Å². The summed E-state index contributed by atoms with van der Waals surface area (Å²) in [6, 6.07) is 8.41. The van der Waals surface area contributed by atoms with Crippen LogP contribution in [0.25, 0.3) is 0 Å². The van der Waals surface area contributed by atoms with Crippen molar-refractivity contribution in [3.05, 3.63) is 46.2 Å². The summed E-state index contributed by atoms with van der Waals surface area (Å²) in [7, 11) is 1.24. The standard InChI is InChI=1S/C16H16N2O5S/c1-3-22-13-9-11(10-17-18-16(20)21-2)6-7-12(13)23-15(19)14-5-4-8-24-14/h4-10H,3H2,1-2H3,(H,18,20)/b17-10-. The van der Waals surface area contributed by atoms with Crippen molar-refractivity contribution in [3.63, 3.8) is 0 Å². The van der Waals surface area contributed by atoms with E-state index >= 15 is 0 Å². The molecule has 0 aliphatic carbocycles. The van der Waals surface area contributed by atoms with E-state index in [2.05, 4.69) is 15.3 Å². The predicted octanol–water partition coefficient (Wildman–Crippen LogP) is 3.06. The maximum atomic E-state index is 12.0. The number of nitrogens with one attached hydrogen (secondary N) is 1. The first kappa shape index (κ1) is 17.5. The molecule has 0 aliphatic heterocycles. The zero-order chi connectivity index (χ0) is 17.4. The van der Waals surface area contributed by atoms with E-state index in [1.54, 1.807) is 35.7 Å². The lowest BCUT2D eigenvalue weighted by Gasteiger charge is -2.10. The highest BCUT2D eigenvalue weighted by Crippen LogP contribution is 2.29. The molecule has 0 radical (unpaired) electrons. The average Bonchev–Trinajstić information content (AvgIpc) is 3.11. The number of thiophene rings is 1. The van der Waals surface area contributed by atoms with E-state index in [9.17, 15) is 9.59 Å². The number of carbonyl (C=O) groups excluding carboxylic acids is 2. The van der Waals surface area contributed by atoms with Gasteiger partial charge in [0.05, 0.1) is 19.9 Å². The lowest BCUT2D eigenvalue weighted by molar-refractivity contribution is 0.0733. The molecular weight excluding hydrogens is 332 g/mol. The van der Waals surface area contributed by atoms with Crippen LogP contribution in [0.3, 0.4) is 0 Å². The van der Waals surface area contributed by atoms with Crippen molar-refractivity contribution in [1.82, 2.24) is 5.43 Å². The van der Waals surface area contributed by atoms with E-state index in [1.165, 1.54) is 24.7 Å². The van der Waals surface area contributed by atoms with Crippen LogP contribution >= 0.6 is 11.3 Å². The van der Waals surface area contributed by atoms with Gasteiger partial charge in [0.15, 0.2) is 11.5 Å². The molecule has 126 valence electrons. The molecule has 0 saturated heterocycles.